The van der Waals surface area contributed by atoms with Gasteiger partial charge in [-0.05, 0) is 31.1 Å². The van der Waals surface area contributed by atoms with Crippen LogP contribution in [-0.2, 0) is 6.42 Å². The highest BCUT2D eigenvalue weighted by atomic mass is 35.5. The van der Waals surface area contributed by atoms with E-state index in [1.807, 2.05) is 0 Å². The summed E-state index contributed by atoms with van der Waals surface area (Å²) in [5, 5.41) is 7.52. The van der Waals surface area contributed by atoms with Gasteiger partial charge in [-0.1, -0.05) is 29.7 Å². The van der Waals surface area contributed by atoms with E-state index in [0.717, 1.165) is 13.1 Å². The molecular weight excluding hydrogens is 281 g/mol. The minimum atomic E-state index is -0.347. The predicted molar refractivity (Wildman–Crippen MR) is 73.3 cm³/mol. The van der Waals surface area contributed by atoms with E-state index in [4.69, 9.17) is 16.1 Å². The van der Waals surface area contributed by atoms with E-state index in [1.165, 1.54) is 6.07 Å². The van der Waals surface area contributed by atoms with Gasteiger partial charge in [0.05, 0.1) is 0 Å². The molecule has 1 fully saturated rings. The summed E-state index contributed by atoms with van der Waals surface area (Å²) in [6.45, 7) is 4.01. The standard InChI is InChI=1S/C14H15ClFN3O/c1-8(9-6-17-7-9)14-18-13(19-20-14)5-10-11(15)3-2-4-12(10)16/h2-4,8-9,17H,5-7H2,1H3. The van der Waals surface area contributed by atoms with Crippen LogP contribution in [0.5, 0.6) is 0 Å². The fraction of sp³-hybridized carbons (Fsp3) is 0.429. The lowest BCUT2D eigenvalue weighted by atomic mass is 9.89. The number of nitrogens with one attached hydrogen (secondary N) is 1. The number of hydrogen-bond acceptors (Lipinski definition) is 4. The minimum absolute atomic E-state index is 0.216. The Morgan fingerprint density at radius 2 is 2.30 bits per heavy atom. The lowest BCUT2D eigenvalue weighted by Crippen LogP contribution is -2.44. The number of hydrogen-bond donors (Lipinski definition) is 1. The van der Waals surface area contributed by atoms with Crippen molar-refractivity contribution in [3.8, 4) is 0 Å². The first-order valence-electron chi connectivity index (χ1n) is 6.61. The van der Waals surface area contributed by atoms with Gasteiger partial charge >= 0.3 is 0 Å². The number of halogens is 2. The first-order chi connectivity index (χ1) is 9.65. The van der Waals surface area contributed by atoms with E-state index in [-0.39, 0.29) is 18.2 Å². The molecule has 1 saturated heterocycles. The Hall–Kier alpha value is -1.46. The topological polar surface area (TPSA) is 51.0 Å². The van der Waals surface area contributed by atoms with E-state index in [0.29, 0.717) is 28.2 Å². The van der Waals surface area contributed by atoms with Gasteiger partial charge in [0, 0.05) is 22.9 Å². The van der Waals surface area contributed by atoms with Crippen molar-refractivity contribution in [1.29, 1.82) is 0 Å². The summed E-state index contributed by atoms with van der Waals surface area (Å²) < 4.78 is 19.0. The number of aromatic nitrogens is 2. The molecule has 0 spiro atoms. The Morgan fingerprint density at radius 1 is 1.50 bits per heavy atom. The summed E-state index contributed by atoms with van der Waals surface area (Å²) in [6, 6.07) is 4.61. The largest absolute Gasteiger partial charge is 0.339 e. The third-order valence-electron chi connectivity index (χ3n) is 3.79. The second-order valence-electron chi connectivity index (χ2n) is 5.13. The van der Waals surface area contributed by atoms with Crippen molar-refractivity contribution in [2.24, 2.45) is 5.92 Å². The highest BCUT2D eigenvalue weighted by Gasteiger charge is 2.28. The zero-order chi connectivity index (χ0) is 14.1. The smallest absolute Gasteiger partial charge is 0.229 e. The Labute approximate surface area is 121 Å². The van der Waals surface area contributed by atoms with Crippen LogP contribution in [0.25, 0.3) is 0 Å². The molecule has 0 radical (unpaired) electrons. The van der Waals surface area contributed by atoms with Gasteiger partial charge in [-0.15, -0.1) is 0 Å². The van der Waals surface area contributed by atoms with Gasteiger partial charge in [-0.2, -0.15) is 4.98 Å². The quantitative estimate of drug-likeness (QED) is 0.942. The highest BCUT2D eigenvalue weighted by Crippen LogP contribution is 2.27. The second kappa shape index (κ2) is 5.50. The SMILES string of the molecule is CC(c1nc(Cc2c(F)cccc2Cl)no1)C1CNC1. The lowest BCUT2D eigenvalue weighted by Gasteiger charge is -2.30. The molecule has 1 aliphatic heterocycles. The fourth-order valence-corrected chi connectivity index (χ4v) is 2.48. The van der Waals surface area contributed by atoms with Crippen molar-refractivity contribution in [2.45, 2.75) is 19.3 Å². The molecule has 0 saturated carbocycles. The normalized spacial score (nSPS) is 16.9. The molecular formula is C14H15ClFN3O. The molecule has 0 bridgehead atoms. The second-order valence-corrected chi connectivity index (χ2v) is 5.54. The van der Waals surface area contributed by atoms with E-state index in [1.54, 1.807) is 12.1 Å². The molecule has 106 valence electrons. The minimum Gasteiger partial charge on any atom is -0.339 e. The van der Waals surface area contributed by atoms with Crippen molar-refractivity contribution in [3.05, 3.63) is 46.3 Å². The number of benzene rings is 1. The summed E-state index contributed by atoms with van der Waals surface area (Å²) >= 11 is 6.00. The van der Waals surface area contributed by atoms with E-state index in [2.05, 4.69) is 22.4 Å². The summed E-state index contributed by atoms with van der Waals surface area (Å²) in [6.07, 6.45) is 0.241. The third-order valence-corrected chi connectivity index (χ3v) is 4.14. The van der Waals surface area contributed by atoms with Gasteiger partial charge < -0.3 is 9.84 Å². The summed E-state index contributed by atoms with van der Waals surface area (Å²) in [7, 11) is 0. The van der Waals surface area contributed by atoms with Gasteiger partial charge in [0.25, 0.3) is 0 Å². The zero-order valence-electron chi connectivity index (χ0n) is 11.1. The lowest BCUT2D eigenvalue weighted by molar-refractivity contribution is 0.252. The third kappa shape index (κ3) is 2.55. The molecule has 0 amide bonds. The Bertz CT molecular complexity index is 592. The molecule has 4 nitrogen and oxygen atoms in total. The van der Waals surface area contributed by atoms with Crippen LogP contribution in [0, 0.1) is 11.7 Å². The molecule has 1 atom stereocenters. The highest BCUT2D eigenvalue weighted by molar-refractivity contribution is 6.31. The molecule has 1 N–H and O–H groups in total. The zero-order valence-corrected chi connectivity index (χ0v) is 11.8. The average Bonchev–Trinajstić information content (AvgIpc) is 2.80. The van der Waals surface area contributed by atoms with Crippen molar-refractivity contribution in [1.82, 2.24) is 15.5 Å². The molecule has 2 heterocycles. The van der Waals surface area contributed by atoms with Crippen LogP contribution in [0.4, 0.5) is 4.39 Å². The fourth-order valence-electron chi connectivity index (χ4n) is 2.25. The summed E-state index contributed by atoms with van der Waals surface area (Å²) in [5.74, 6) is 1.47. The van der Waals surface area contributed by atoms with Crippen molar-refractivity contribution < 1.29 is 8.91 Å². The van der Waals surface area contributed by atoms with Gasteiger partial charge in [-0.25, -0.2) is 4.39 Å². The van der Waals surface area contributed by atoms with E-state index >= 15 is 0 Å². The van der Waals surface area contributed by atoms with Crippen LogP contribution < -0.4 is 5.32 Å². The molecule has 20 heavy (non-hydrogen) atoms. The molecule has 2 aromatic rings. The van der Waals surface area contributed by atoms with Gasteiger partial charge in [0.2, 0.25) is 5.89 Å². The van der Waals surface area contributed by atoms with Crippen LogP contribution in [-0.4, -0.2) is 23.2 Å². The average molecular weight is 296 g/mol. The van der Waals surface area contributed by atoms with Crippen LogP contribution >= 0.6 is 11.6 Å². The van der Waals surface area contributed by atoms with Crippen LogP contribution in [0.3, 0.4) is 0 Å². The van der Waals surface area contributed by atoms with Gasteiger partial charge in [-0.3, -0.25) is 0 Å². The Balaban J connectivity index is 1.77. The van der Waals surface area contributed by atoms with E-state index < -0.39 is 0 Å². The maximum Gasteiger partial charge on any atom is 0.229 e. The Morgan fingerprint density at radius 3 is 2.95 bits per heavy atom. The predicted octanol–water partition coefficient (Wildman–Crippen LogP) is 2.78. The molecule has 1 aromatic heterocycles. The van der Waals surface area contributed by atoms with Crippen molar-refractivity contribution in [3.63, 3.8) is 0 Å². The maximum absolute atomic E-state index is 13.7. The Kier molecular flexibility index (Phi) is 3.72. The maximum atomic E-state index is 13.7. The summed E-state index contributed by atoms with van der Waals surface area (Å²) in [5.41, 5.74) is 0.402. The van der Waals surface area contributed by atoms with Gasteiger partial charge in [0.1, 0.15) is 5.82 Å². The first kappa shape index (κ1) is 13.5. The molecule has 1 aliphatic rings. The van der Waals surface area contributed by atoms with Crippen LogP contribution in [0.2, 0.25) is 5.02 Å². The first-order valence-corrected chi connectivity index (χ1v) is 6.99. The molecule has 1 unspecified atom stereocenters. The molecule has 0 aliphatic carbocycles. The monoisotopic (exact) mass is 295 g/mol. The number of rotatable bonds is 4. The van der Waals surface area contributed by atoms with Gasteiger partial charge in [0.15, 0.2) is 5.82 Å². The number of nitrogens with zero attached hydrogens (tertiary/aromatic N) is 2. The van der Waals surface area contributed by atoms with Crippen molar-refractivity contribution >= 4 is 11.6 Å². The van der Waals surface area contributed by atoms with E-state index in [9.17, 15) is 4.39 Å². The molecule has 3 rings (SSSR count). The van der Waals surface area contributed by atoms with Crippen molar-refractivity contribution in [2.75, 3.05) is 13.1 Å². The van der Waals surface area contributed by atoms with Crippen LogP contribution in [0.15, 0.2) is 22.7 Å². The molecule has 1 aromatic carbocycles. The van der Waals surface area contributed by atoms with Crippen LogP contribution in [0.1, 0.15) is 30.1 Å². The summed E-state index contributed by atoms with van der Waals surface area (Å²) in [4.78, 5) is 4.36. The molecule has 6 heteroatoms.